The fraction of sp³-hybridized carbons (Fsp3) is 0.250. The second-order valence-corrected chi connectivity index (χ2v) is 5.46. The van der Waals surface area contributed by atoms with Crippen LogP contribution in [-0.4, -0.2) is 6.61 Å². The number of halogens is 1. The van der Waals surface area contributed by atoms with Crippen molar-refractivity contribution >= 4 is 17.4 Å². The molecule has 0 aromatic heterocycles. The van der Waals surface area contributed by atoms with E-state index in [1.165, 1.54) is 11.6 Å². The third-order valence-electron chi connectivity index (χ3n) is 2.76. The zero-order chi connectivity index (χ0) is 14.4. The first kappa shape index (κ1) is 14.7. The molecule has 4 heteroatoms. The van der Waals surface area contributed by atoms with Crippen molar-refractivity contribution in [2.24, 2.45) is 0 Å². The van der Waals surface area contributed by atoms with Crippen molar-refractivity contribution in [1.29, 1.82) is 0 Å². The molecule has 2 N–H and O–H groups in total. The first-order chi connectivity index (χ1) is 9.70. The van der Waals surface area contributed by atoms with E-state index in [1.807, 2.05) is 25.1 Å². The number of hydrogen-bond donors (Lipinski definition) is 1. The summed E-state index contributed by atoms with van der Waals surface area (Å²) in [6, 6.07) is 13.1. The van der Waals surface area contributed by atoms with E-state index in [9.17, 15) is 4.39 Å². The summed E-state index contributed by atoms with van der Waals surface area (Å²) in [5.41, 5.74) is 7.52. The van der Waals surface area contributed by atoms with Crippen LogP contribution in [0.1, 0.15) is 18.9 Å². The first-order valence-electron chi connectivity index (χ1n) is 6.59. The minimum absolute atomic E-state index is 0.275. The van der Waals surface area contributed by atoms with Crippen LogP contribution in [-0.2, 0) is 5.75 Å². The Balaban J connectivity index is 2.10. The summed E-state index contributed by atoms with van der Waals surface area (Å²) in [5, 5.41) is 0. The van der Waals surface area contributed by atoms with Crippen molar-refractivity contribution in [3.63, 3.8) is 0 Å². The van der Waals surface area contributed by atoms with E-state index in [0.717, 1.165) is 17.1 Å². The molecule has 0 unspecified atom stereocenters. The number of nitrogen functional groups attached to an aromatic ring is 1. The van der Waals surface area contributed by atoms with Crippen LogP contribution in [0.3, 0.4) is 0 Å². The quantitative estimate of drug-likeness (QED) is 0.629. The molecule has 0 saturated heterocycles. The van der Waals surface area contributed by atoms with Gasteiger partial charge in [-0.05, 0) is 18.1 Å². The molecule has 0 atom stereocenters. The molecule has 106 valence electrons. The topological polar surface area (TPSA) is 35.2 Å². The summed E-state index contributed by atoms with van der Waals surface area (Å²) in [5.74, 6) is 0.667. The van der Waals surface area contributed by atoms with Gasteiger partial charge in [0, 0.05) is 22.4 Å². The van der Waals surface area contributed by atoms with E-state index in [4.69, 9.17) is 10.5 Å². The molecule has 2 aromatic carbocycles. The van der Waals surface area contributed by atoms with Gasteiger partial charge in [0.25, 0.3) is 0 Å². The average molecular weight is 291 g/mol. The van der Waals surface area contributed by atoms with Gasteiger partial charge in [-0.15, -0.1) is 11.8 Å². The van der Waals surface area contributed by atoms with E-state index < -0.39 is 5.82 Å². The average Bonchev–Trinajstić information content (AvgIpc) is 2.46. The molecule has 0 aliphatic carbocycles. The molecular formula is C16H18FNOS. The number of rotatable bonds is 6. The number of thioether (sulfide) groups is 1. The van der Waals surface area contributed by atoms with Crippen molar-refractivity contribution < 1.29 is 9.13 Å². The van der Waals surface area contributed by atoms with Gasteiger partial charge in [-0.1, -0.05) is 37.3 Å². The summed E-state index contributed by atoms with van der Waals surface area (Å²) in [7, 11) is 0. The van der Waals surface area contributed by atoms with Crippen LogP contribution in [0, 0.1) is 5.82 Å². The molecule has 2 nitrogen and oxygen atoms in total. The Morgan fingerprint density at radius 3 is 2.65 bits per heavy atom. The van der Waals surface area contributed by atoms with Crippen LogP contribution < -0.4 is 10.5 Å². The van der Waals surface area contributed by atoms with Crippen molar-refractivity contribution in [3.8, 4) is 5.75 Å². The lowest BCUT2D eigenvalue weighted by molar-refractivity contribution is 0.300. The molecular weight excluding hydrogens is 273 g/mol. The number of anilines is 1. The Morgan fingerprint density at radius 2 is 1.95 bits per heavy atom. The van der Waals surface area contributed by atoms with Gasteiger partial charge in [-0.3, -0.25) is 0 Å². The van der Waals surface area contributed by atoms with Crippen LogP contribution in [0.4, 0.5) is 10.1 Å². The minimum Gasteiger partial charge on any atom is -0.490 e. The highest BCUT2D eigenvalue weighted by molar-refractivity contribution is 7.98. The van der Waals surface area contributed by atoms with Gasteiger partial charge >= 0.3 is 0 Å². The van der Waals surface area contributed by atoms with E-state index in [-0.39, 0.29) is 5.75 Å². The monoisotopic (exact) mass is 291 g/mol. The zero-order valence-electron chi connectivity index (χ0n) is 11.4. The molecule has 0 amide bonds. The predicted molar refractivity (Wildman–Crippen MR) is 82.6 cm³/mol. The lowest BCUT2D eigenvalue weighted by atomic mass is 10.2. The number of ether oxygens (including phenoxy) is 1. The van der Waals surface area contributed by atoms with Crippen LogP contribution in [0.15, 0.2) is 47.4 Å². The highest BCUT2D eigenvalue weighted by Gasteiger charge is 2.09. The molecule has 0 radical (unpaired) electrons. The molecule has 0 spiro atoms. The molecule has 0 bridgehead atoms. The van der Waals surface area contributed by atoms with Crippen molar-refractivity contribution in [2.75, 3.05) is 12.3 Å². The second kappa shape index (κ2) is 7.20. The lowest BCUT2D eigenvalue weighted by Crippen LogP contribution is -1.99. The maximum absolute atomic E-state index is 13.7. The molecule has 0 heterocycles. The van der Waals surface area contributed by atoms with Gasteiger partial charge in [-0.25, -0.2) is 4.39 Å². The van der Waals surface area contributed by atoms with Crippen LogP contribution >= 0.6 is 11.8 Å². The summed E-state index contributed by atoms with van der Waals surface area (Å²) in [4.78, 5) is 0.848. The molecule has 2 rings (SSSR count). The third kappa shape index (κ3) is 3.90. The Bertz CT molecular complexity index is 560. The number of hydrogen-bond acceptors (Lipinski definition) is 3. The summed E-state index contributed by atoms with van der Waals surface area (Å²) in [6.07, 6.45) is 0.844. The van der Waals surface area contributed by atoms with Gasteiger partial charge in [0.05, 0.1) is 6.61 Å². The van der Waals surface area contributed by atoms with Gasteiger partial charge in [-0.2, -0.15) is 0 Å². The van der Waals surface area contributed by atoms with Gasteiger partial charge in [0.2, 0.25) is 0 Å². The fourth-order valence-electron chi connectivity index (χ4n) is 1.73. The molecule has 20 heavy (non-hydrogen) atoms. The normalized spacial score (nSPS) is 10.5. The molecule has 2 aromatic rings. The summed E-state index contributed by atoms with van der Waals surface area (Å²) < 4.78 is 19.1. The predicted octanol–water partition coefficient (Wildman–Crippen LogP) is 4.49. The highest BCUT2D eigenvalue weighted by Crippen LogP contribution is 2.33. The standard InChI is InChI=1S/C16H18FNOS/c1-2-8-19-15-10-16(14(18)9-13(15)17)20-11-12-6-4-3-5-7-12/h3-7,9-10H,2,8,11,18H2,1H3. The first-order valence-corrected chi connectivity index (χ1v) is 7.57. The van der Waals surface area contributed by atoms with Crippen LogP contribution in [0.5, 0.6) is 5.75 Å². The van der Waals surface area contributed by atoms with E-state index in [1.54, 1.807) is 17.8 Å². The third-order valence-corrected chi connectivity index (χ3v) is 3.91. The van der Waals surface area contributed by atoms with Crippen molar-refractivity contribution in [2.45, 2.75) is 24.0 Å². The van der Waals surface area contributed by atoms with E-state index in [2.05, 4.69) is 12.1 Å². The highest BCUT2D eigenvalue weighted by atomic mass is 32.2. The van der Waals surface area contributed by atoms with Gasteiger partial charge in [0.15, 0.2) is 11.6 Å². The number of benzene rings is 2. The Hall–Kier alpha value is -1.68. The van der Waals surface area contributed by atoms with E-state index in [0.29, 0.717) is 12.3 Å². The van der Waals surface area contributed by atoms with Gasteiger partial charge < -0.3 is 10.5 Å². The zero-order valence-corrected chi connectivity index (χ0v) is 12.3. The molecule has 0 fully saturated rings. The van der Waals surface area contributed by atoms with Crippen molar-refractivity contribution in [1.82, 2.24) is 0 Å². The maximum atomic E-state index is 13.7. The van der Waals surface area contributed by atoms with Crippen molar-refractivity contribution in [3.05, 3.63) is 53.8 Å². The molecule has 0 aliphatic heterocycles. The Morgan fingerprint density at radius 1 is 1.20 bits per heavy atom. The summed E-state index contributed by atoms with van der Waals surface area (Å²) in [6.45, 7) is 2.49. The smallest absolute Gasteiger partial charge is 0.167 e. The minimum atomic E-state index is -0.403. The molecule has 0 aliphatic rings. The SMILES string of the molecule is CCCOc1cc(SCc2ccccc2)c(N)cc1F. The number of nitrogens with two attached hydrogens (primary N) is 1. The Kier molecular flexibility index (Phi) is 5.30. The van der Waals surface area contributed by atoms with Crippen LogP contribution in [0.2, 0.25) is 0 Å². The largest absolute Gasteiger partial charge is 0.490 e. The van der Waals surface area contributed by atoms with E-state index >= 15 is 0 Å². The maximum Gasteiger partial charge on any atom is 0.167 e. The van der Waals surface area contributed by atoms with Crippen LogP contribution in [0.25, 0.3) is 0 Å². The van der Waals surface area contributed by atoms with Gasteiger partial charge in [0.1, 0.15) is 0 Å². The summed E-state index contributed by atoms with van der Waals surface area (Å²) >= 11 is 1.58. The lowest BCUT2D eigenvalue weighted by Gasteiger charge is -2.11. The molecule has 0 saturated carbocycles. The second-order valence-electron chi connectivity index (χ2n) is 4.44. The fourth-order valence-corrected chi connectivity index (χ4v) is 2.66. The Labute approximate surface area is 123 Å².